The van der Waals surface area contributed by atoms with E-state index >= 15 is 0 Å². The average Bonchev–Trinajstić information content (AvgIpc) is 2.59. The normalized spacial score (nSPS) is 11.4. The van der Waals surface area contributed by atoms with Gasteiger partial charge in [0.15, 0.2) is 0 Å². The summed E-state index contributed by atoms with van der Waals surface area (Å²) in [6, 6.07) is 4.93. The van der Waals surface area contributed by atoms with E-state index in [0.29, 0.717) is 0 Å². The van der Waals surface area contributed by atoms with Crippen LogP contribution >= 0.6 is 0 Å². The highest BCUT2D eigenvalue weighted by Gasteiger charge is 2.10. The molecular formula is C18H32BFO5. The van der Waals surface area contributed by atoms with E-state index in [9.17, 15) is 4.39 Å². The Labute approximate surface area is 150 Å². The van der Waals surface area contributed by atoms with Gasteiger partial charge in [0.2, 0.25) is 0 Å². The second-order valence-electron chi connectivity index (χ2n) is 6.00. The Morgan fingerprint density at radius 1 is 0.960 bits per heavy atom. The fourth-order valence-electron chi connectivity index (χ4n) is 2.24. The molecule has 0 fully saturated rings. The van der Waals surface area contributed by atoms with E-state index in [0.717, 1.165) is 25.0 Å². The Balaban J connectivity index is 0.000000472. The number of hydrogen-bond donors (Lipinski definition) is 4. The molecule has 0 aliphatic rings. The molecule has 0 aliphatic heterocycles. The minimum atomic E-state index is -1.86. The van der Waals surface area contributed by atoms with Crippen molar-refractivity contribution in [3.8, 4) is 5.75 Å². The van der Waals surface area contributed by atoms with Crippen LogP contribution in [0.15, 0.2) is 24.3 Å². The van der Waals surface area contributed by atoms with Gasteiger partial charge < -0.3 is 24.9 Å². The van der Waals surface area contributed by atoms with Crippen LogP contribution in [0, 0.1) is 5.82 Å². The van der Waals surface area contributed by atoms with Gasteiger partial charge in [-0.2, -0.15) is 0 Å². The summed E-state index contributed by atoms with van der Waals surface area (Å²) in [6.07, 6.45) is 10.5. The van der Waals surface area contributed by atoms with Crippen molar-refractivity contribution in [3.63, 3.8) is 0 Å². The maximum Gasteiger partial charge on any atom is 0.707 e. The molecule has 4 N–H and O–H groups in total. The lowest BCUT2D eigenvalue weighted by Crippen LogP contribution is -2.20. The largest absolute Gasteiger partial charge is 0.707 e. The Hall–Kier alpha value is -1.15. The van der Waals surface area contributed by atoms with E-state index in [1.807, 2.05) is 0 Å². The van der Waals surface area contributed by atoms with Gasteiger partial charge in [0.25, 0.3) is 0 Å². The molecule has 0 radical (unpaired) electrons. The first kappa shape index (κ1) is 23.9. The Bertz CT molecular complexity index is 403. The van der Waals surface area contributed by atoms with Crippen LogP contribution in [0.5, 0.6) is 5.75 Å². The van der Waals surface area contributed by atoms with E-state index in [-0.39, 0.29) is 12.4 Å². The van der Waals surface area contributed by atoms with Gasteiger partial charge in [-0.15, -0.1) is 0 Å². The fraction of sp³-hybridized carbons (Fsp3) is 0.667. The molecule has 5 nitrogen and oxygen atoms in total. The van der Waals surface area contributed by atoms with Gasteiger partial charge in [-0.1, -0.05) is 58.3 Å². The molecule has 1 rings (SSSR count). The molecule has 0 saturated heterocycles. The molecule has 0 bridgehead atoms. The summed E-state index contributed by atoms with van der Waals surface area (Å²) >= 11 is 0. The van der Waals surface area contributed by atoms with Crippen molar-refractivity contribution >= 4 is 7.32 Å². The van der Waals surface area contributed by atoms with Gasteiger partial charge in [0.1, 0.15) is 11.6 Å². The van der Waals surface area contributed by atoms with Gasteiger partial charge in [-0.3, -0.25) is 0 Å². The third kappa shape index (κ3) is 16.1. The van der Waals surface area contributed by atoms with Crippen LogP contribution in [0.2, 0.25) is 0 Å². The molecule has 1 unspecified atom stereocenters. The van der Waals surface area contributed by atoms with Crippen molar-refractivity contribution in [2.24, 2.45) is 0 Å². The molecule has 0 amide bonds. The van der Waals surface area contributed by atoms with Crippen molar-refractivity contribution in [3.05, 3.63) is 30.1 Å². The topological polar surface area (TPSA) is 90.2 Å². The monoisotopic (exact) mass is 358 g/mol. The molecule has 1 atom stereocenters. The van der Waals surface area contributed by atoms with Crippen LogP contribution < -0.4 is 4.65 Å². The summed E-state index contributed by atoms with van der Waals surface area (Å²) in [5, 5.41) is 34.3. The number of benzene rings is 1. The molecule has 25 heavy (non-hydrogen) atoms. The summed E-state index contributed by atoms with van der Waals surface area (Å²) in [4.78, 5) is 0. The van der Waals surface area contributed by atoms with E-state index < -0.39 is 19.2 Å². The number of aliphatic hydroxyl groups is 2. The molecule has 0 aromatic heterocycles. The average molecular weight is 358 g/mol. The van der Waals surface area contributed by atoms with E-state index in [4.69, 9.17) is 20.3 Å². The zero-order valence-corrected chi connectivity index (χ0v) is 15.1. The smallest absolute Gasteiger partial charge is 0.512 e. The maximum absolute atomic E-state index is 12.2. The highest BCUT2D eigenvalue weighted by atomic mass is 19.1. The molecule has 144 valence electrons. The molecule has 0 heterocycles. The van der Waals surface area contributed by atoms with Crippen molar-refractivity contribution in [1.29, 1.82) is 0 Å². The molecule has 0 spiro atoms. The maximum atomic E-state index is 12.2. The summed E-state index contributed by atoms with van der Waals surface area (Å²) in [5.41, 5.74) is 0. The van der Waals surface area contributed by atoms with Crippen molar-refractivity contribution in [1.82, 2.24) is 0 Å². The van der Waals surface area contributed by atoms with E-state index in [1.165, 1.54) is 57.1 Å². The summed E-state index contributed by atoms with van der Waals surface area (Å²) in [5.74, 6) is -0.189. The molecule has 1 aromatic rings. The van der Waals surface area contributed by atoms with Crippen molar-refractivity contribution < 1.29 is 29.3 Å². The van der Waals surface area contributed by atoms with Gasteiger partial charge in [-0.25, -0.2) is 4.39 Å². The second kappa shape index (κ2) is 16.3. The van der Waals surface area contributed by atoms with Crippen LogP contribution in [0.4, 0.5) is 4.39 Å². The van der Waals surface area contributed by atoms with Crippen LogP contribution in [0.1, 0.15) is 64.7 Å². The molecular weight excluding hydrogens is 326 g/mol. The van der Waals surface area contributed by atoms with Crippen LogP contribution in [0.25, 0.3) is 0 Å². The quantitative estimate of drug-likeness (QED) is 0.341. The number of aliphatic hydroxyl groups excluding tert-OH is 2. The van der Waals surface area contributed by atoms with E-state index in [2.05, 4.69) is 11.6 Å². The van der Waals surface area contributed by atoms with Gasteiger partial charge >= 0.3 is 7.32 Å². The molecule has 1 aromatic carbocycles. The number of hydrogen-bond acceptors (Lipinski definition) is 5. The highest BCUT2D eigenvalue weighted by molar-refractivity contribution is 6.33. The Morgan fingerprint density at radius 3 is 1.96 bits per heavy atom. The van der Waals surface area contributed by atoms with Gasteiger partial charge in [-0.05, 0) is 30.7 Å². The predicted molar refractivity (Wildman–Crippen MR) is 97.5 cm³/mol. The second-order valence-corrected chi connectivity index (χ2v) is 6.00. The highest BCUT2D eigenvalue weighted by Crippen LogP contribution is 2.11. The van der Waals surface area contributed by atoms with Crippen molar-refractivity contribution in [2.45, 2.75) is 70.8 Å². The first-order valence-electron chi connectivity index (χ1n) is 9.06. The minimum absolute atomic E-state index is 0.0868. The lowest BCUT2D eigenvalue weighted by molar-refractivity contribution is 0.0860. The summed E-state index contributed by atoms with van der Waals surface area (Å²) < 4.78 is 16.7. The Kier molecular flexibility index (Phi) is 15.6. The third-order valence-electron chi connectivity index (χ3n) is 3.66. The predicted octanol–water partition coefficient (Wildman–Crippen LogP) is 3.04. The standard InChI is InChI=1S/C12H26O2.C6H6BFO3/c1-2-3-4-5-6-7-8-9-10-12(14)11-13;8-5-1-3-6(4-2-5)11-7(9)10/h12-14H,2-11H2,1H3;1-4,9-10H. The molecule has 0 aliphatic carbocycles. The Morgan fingerprint density at radius 2 is 1.48 bits per heavy atom. The molecule has 0 saturated carbocycles. The lowest BCUT2D eigenvalue weighted by Gasteiger charge is -2.06. The first-order chi connectivity index (χ1) is 12.0. The van der Waals surface area contributed by atoms with Gasteiger partial charge in [0, 0.05) is 0 Å². The van der Waals surface area contributed by atoms with Gasteiger partial charge in [0.05, 0.1) is 12.7 Å². The minimum Gasteiger partial charge on any atom is -0.512 e. The summed E-state index contributed by atoms with van der Waals surface area (Å²) in [6.45, 7) is 2.15. The number of halogens is 1. The lowest BCUT2D eigenvalue weighted by atomic mass is 10.1. The molecule has 7 heteroatoms. The van der Waals surface area contributed by atoms with Crippen LogP contribution in [-0.2, 0) is 0 Å². The zero-order chi connectivity index (χ0) is 18.9. The third-order valence-corrected chi connectivity index (χ3v) is 3.66. The number of rotatable bonds is 12. The SMILES string of the molecule is CCCCCCCCCCC(O)CO.OB(O)Oc1ccc(F)cc1. The fourth-order valence-corrected chi connectivity index (χ4v) is 2.24. The zero-order valence-electron chi connectivity index (χ0n) is 15.1. The first-order valence-corrected chi connectivity index (χ1v) is 9.06. The number of unbranched alkanes of at least 4 members (excludes halogenated alkanes) is 7. The summed E-state index contributed by atoms with van der Waals surface area (Å²) in [7, 11) is -1.86. The van der Waals surface area contributed by atoms with Crippen molar-refractivity contribution in [2.75, 3.05) is 6.61 Å². The van der Waals surface area contributed by atoms with Crippen LogP contribution in [0.3, 0.4) is 0 Å². The van der Waals surface area contributed by atoms with Crippen LogP contribution in [-0.4, -0.2) is 40.3 Å². The van der Waals surface area contributed by atoms with E-state index in [1.54, 1.807) is 0 Å².